The maximum atomic E-state index is 12.9. The van der Waals surface area contributed by atoms with Crippen LogP contribution in [-0.4, -0.2) is 44.1 Å². The lowest BCUT2D eigenvalue weighted by Crippen LogP contribution is -2.43. The van der Waals surface area contributed by atoms with E-state index in [1.54, 1.807) is 40.2 Å². The lowest BCUT2D eigenvalue weighted by molar-refractivity contribution is -0.119. The zero-order valence-corrected chi connectivity index (χ0v) is 15.8. The second kappa shape index (κ2) is 7.50. The predicted molar refractivity (Wildman–Crippen MR) is 103 cm³/mol. The van der Waals surface area contributed by atoms with Crippen LogP contribution in [0.4, 0.5) is 5.69 Å². The normalized spacial score (nSPS) is 16.5. The van der Waals surface area contributed by atoms with E-state index >= 15 is 0 Å². The van der Waals surface area contributed by atoms with Gasteiger partial charge in [-0.1, -0.05) is 17.7 Å². The number of likely N-dealkylation sites (tertiary alicyclic amines) is 1. The molecule has 1 aliphatic heterocycles. The number of carbonyl (C=O) groups excluding carboxylic acids is 2. The molecule has 1 aromatic carbocycles. The summed E-state index contributed by atoms with van der Waals surface area (Å²) in [7, 11) is 0. The van der Waals surface area contributed by atoms with E-state index < -0.39 is 6.04 Å². The molecule has 1 fully saturated rings. The van der Waals surface area contributed by atoms with E-state index in [0.29, 0.717) is 34.2 Å². The minimum Gasteiger partial charge on any atom is -0.326 e. The largest absolute Gasteiger partial charge is 0.326 e. The summed E-state index contributed by atoms with van der Waals surface area (Å²) in [5.74, 6) is -0.341. The lowest BCUT2D eigenvalue weighted by atomic mass is 10.2. The summed E-state index contributed by atoms with van der Waals surface area (Å²) < 4.78 is 1.55. The number of hydrogen-bond donors (Lipinski definition) is 1. The molecule has 0 aliphatic carbocycles. The first-order chi connectivity index (χ1) is 13.1. The molecule has 3 heterocycles. The summed E-state index contributed by atoms with van der Waals surface area (Å²) in [6.07, 6.45) is 4.38. The van der Waals surface area contributed by atoms with Crippen molar-refractivity contribution in [1.82, 2.24) is 19.7 Å². The van der Waals surface area contributed by atoms with Crippen LogP contribution in [0.3, 0.4) is 0 Å². The third-order valence-electron chi connectivity index (χ3n) is 4.43. The highest BCUT2D eigenvalue weighted by molar-refractivity contribution is 7.12. The van der Waals surface area contributed by atoms with Gasteiger partial charge in [-0.05, 0) is 42.5 Å². The average molecular weight is 402 g/mol. The van der Waals surface area contributed by atoms with Gasteiger partial charge in [0.2, 0.25) is 5.91 Å². The van der Waals surface area contributed by atoms with E-state index in [1.807, 2.05) is 11.4 Å². The van der Waals surface area contributed by atoms with Gasteiger partial charge in [0.15, 0.2) is 0 Å². The molecular weight excluding hydrogens is 386 g/mol. The van der Waals surface area contributed by atoms with Gasteiger partial charge in [0.1, 0.15) is 18.7 Å². The van der Waals surface area contributed by atoms with Crippen molar-refractivity contribution < 1.29 is 9.59 Å². The third kappa shape index (κ3) is 3.58. The monoisotopic (exact) mass is 401 g/mol. The smallest absolute Gasteiger partial charge is 0.264 e. The van der Waals surface area contributed by atoms with E-state index in [2.05, 4.69) is 15.4 Å². The van der Waals surface area contributed by atoms with Crippen LogP contribution < -0.4 is 5.32 Å². The number of nitrogens with zero attached hydrogens (tertiary/aromatic N) is 4. The minimum atomic E-state index is -0.512. The Kier molecular flexibility index (Phi) is 4.91. The van der Waals surface area contributed by atoms with Crippen molar-refractivity contribution in [3.63, 3.8) is 0 Å². The molecule has 0 radical (unpaired) electrons. The number of thiophene rings is 1. The van der Waals surface area contributed by atoms with Crippen molar-refractivity contribution in [1.29, 1.82) is 0 Å². The van der Waals surface area contributed by atoms with Crippen molar-refractivity contribution in [2.75, 3.05) is 11.9 Å². The number of rotatable bonds is 4. The van der Waals surface area contributed by atoms with Gasteiger partial charge in [0.25, 0.3) is 5.91 Å². The predicted octanol–water partition coefficient (Wildman–Crippen LogP) is 3.23. The molecule has 1 aliphatic rings. The van der Waals surface area contributed by atoms with Crippen LogP contribution in [0.2, 0.25) is 5.02 Å². The number of aromatic nitrogens is 3. The van der Waals surface area contributed by atoms with Crippen molar-refractivity contribution in [3.05, 3.63) is 58.3 Å². The standard InChI is InChI=1S/C18H16ClN5O2S/c19-12-5-6-14(24-11-20-10-21-24)13(9-12)22-17(25)15-3-1-7-23(15)18(26)16-4-2-8-27-16/h2,4-6,8-11,15H,1,3,7H2,(H,22,25)/t15-/m0/s1. The Bertz CT molecular complexity index is 958. The summed E-state index contributed by atoms with van der Waals surface area (Å²) in [5.41, 5.74) is 1.17. The highest BCUT2D eigenvalue weighted by Gasteiger charge is 2.35. The molecular formula is C18H16ClN5O2S. The first-order valence-electron chi connectivity index (χ1n) is 8.43. The van der Waals surface area contributed by atoms with Gasteiger partial charge in [0, 0.05) is 11.6 Å². The van der Waals surface area contributed by atoms with Gasteiger partial charge in [0.05, 0.1) is 16.3 Å². The van der Waals surface area contributed by atoms with E-state index in [9.17, 15) is 9.59 Å². The van der Waals surface area contributed by atoms with Gasteiger partial charge < -0.3 is 10.2 Å². The molecule has 2 amide bonds. The molecule has 9 heteroatoms. The minimum absolute atomic E-state index is 0.106. The van der Waals surface area contributed by atoms with E-state index in [4.69, 9.17) is 11.6 Å². The summed E-state index contributed by atoms with van der Waals surface area (Å²) >= 11 is 7.49. The van der Waals surface area contributed by atoms with E-state index in [1.165, 1.54) is 17.7 Å². The van der Waals surface area contributed by atoms with Gasteiger partial charge in [-0.3, -0.25) is 9.59 Å². The average Bonchev–Trinajstić information content (AvgIpc) is 3.43. The topological polar surface area (TPSA) is 80.1 Å². The zero-order valence-electron chi connectivity index (χ0n) is 14.2. The van der Waals surface area contributed by atoms with Crippen LogP contribution in [-0.2, 0) is 4.79 Å². The Morgan fingerprint density at radius 2 is 2.19 bits per heavy atom. The van der Waals surface area contributed by atoms with Gasteiger partial charge >= 0.3 is 0 Å². The highest BCUT2D eigenvalue weighted by atomic mass is 35.5. The molecule has 0 saturated carbocycles. The summed E-state index contributed by atoms with van der Waals surface area (Å²) in [5, 5.41) is 9.36. The number of carbonyl (C=O) groups is 2. The van der Waals surface area contributed by atoms with Gasteiger partial charge in [-0.25, -0.2) is 9.67 Å². The lowest BCUT2D eigenvalue weighted by Gasteiger charge is -2.24. The number of benzene rings is 1. The fourth-order valence-corrected chi connectivity index (χ4v) is 4.03. The van der Waals surface area contributed by atoms with Crippen molar-refractivity contribution in [2.45, 2.75) is 18.9 Å². The highest BCUT2D eigenvalue weighted by Crippen LogP contribution is 2.27. The Labute approximate surface area is 164 Å². The van der Waals surface area contributed by atoms with Crippen LogP contribution in [0.25, 0.3) is 5.69 Å². The zero-order chi connectivity index (χ0) is 18.8. The Hall–Kier alpha value is -2.71. The van der Waals surface area contributed by atoms with Crippen molar-refractivity contribution >= 4 is 40.4 Å². The number of nitrogens with one attached hydrogen (secondary N) is 1. The van der Waals surface area contributed by atoms with Crippen LogP contribution in [0.5, 0.6) is 0 Å². The molecule has 4 rings (SSSR count). The van der Waals surface area contributed by atoms with Crippen molar-refractivity contribution in [2.24, 2.45) is 0 Å². The molecule has 3 aromatic rings. The fourth-order valence-electron chi connectivity index (χ4n) is 3.18. The van der Waals surface area contributed by atoms with Gasteiger partial charge in [-0.15, -0.1) is 11.3 Å². The first-order valence-corrected chi connectivity index (χ1v) is 9.69. The SMILES string of the molecule is O=C(Nc1cc(Cl)ccc1-n1cncn1)[C@@H]1CCCN1C(=O)c1cccs1. The molecule has 2 aromatic heterocycles. The second-order valence-electron chi connectivity index (χ2n) is 6.12. The Morgan fingerprint density at radius 3 is 2.93 bits per heavy atom. The molecule has 0 unspecified atom stereocenters. The second-order valence-corrected chi connectivity index (χ2v) is 7.51. The molecule has 1 N–H and O–H groups in total. The molecule has 27 heavy (non-hydrogen) atoms. The van der Waals surface area contributed by atoms with E-state index in [-0.39, 0.29) is 11.8 Å². The summed E-state index contributed by atoms with van der Waals surface area (Å²) in [6, 6.07) is 8.24. The molecule has 0 spiro atoms. The van der Waals surface area contributed by atoms with Gasteiger partial charge in [-0.2, -0.15) is 5.10 Å². The molecule has 1 saturated heterocycles. The Balaban J connectivity index is 1.57. The van der Waals surface area contributed by atoms with E-state index in [0.717, 1.165) is 6.42 Å². The quantitative estimate of drug-likeness (QED) is 0.727. The molecule has 7 nitrogen and oxygen atoms in total. The number of hydrogen-bond acceptors (Lipinski definition) is 5. The number of halogens is 1. The first kappa shape index (κ1) is 17.7. The molecule has 1 atom stereocenters. The van der Waals surface area contributed by atoms with Crippen LogP contribution in [0, 0.1) is 0 Å². The Morgan fingerprint density at radius 1 is 1.30 bits per heavy atom. The molecule has 138 valence electrons. The molecule has 0 bridgehead atoms. The van der Waals surface area contributed by atoms with Crippen LogP contribution in [0.15, 0.2) is 48.4 Å². The number of anilines is 1. The maximum absolute atomic E-state index is 12.9. The van der Waals surface area contributed by atoms with Crippen LogP contribution in [0.1, 0.15) is 22.5 Å². The summed E-state index contributed by atoms with van der Waals surface area (Å²) in [6.45, 7) is 0.570. The third-order valence-corrected chi connectivity index (χ3v) is 5.52. The maximum Gasteiger partial charge on any atom is 0.264 e. The summed E-state index contributed by atoms with van der Waals surface area (Å²) in [4.78, 5) is 31.9. The number of amides is 2. The van der Waals surface area contributed by atoms with Crippen molar-refractivity contribution in [3.8, 4) is 5.69 Å². The van der Waals surface area contributed by atoms with Crippen LogP contribution >= 0.6 is 22.9 Å². The fraction of sp³-hybridized carbons (Fsp3) is 0.222.